The number of rotatable bonds is 7. The molecular weight excluding hydrogens is 339 g/mol. The van der Waals surface area contributed by atoms with Crippen molar-refractivity contribution in [3.8, 4) is 11.5 Å². The molecule has 134 valence electrons. The predicted octanol–water partition coefficient (Wildman–Crippen LogP) is 3.33. The molecule has 0 saturated heterocycles. The van der Waals surface area contributed by atoms with Crippen molar-refractivity contribution in [1.29, 1.82) is 0 Å². The van der Waals surface area contributed by atoms with Crippen LogP contribution in [0.5, 0.6) is 11.5 Å². The number of nitrogens with zero attached hydrogens (tertiary/aromatic N) is 1. The first-order valence-corrected chi connectivity index (χ1v) is 7.88. The average Bonchev–Trinajstić information content (AvgIpc) is 3.15. The highest BCUT2D eigenvalue weighted by Crippen LogP contribution is 2.18. The lowest BCUT2D eigenvalue weighted by Crippen LogP contribution is -2.23. The molecule has 1 aromatic heterocycles. The van der Waals surface area contributed by atoms with Crippen LogP contribution < -0.4 is 14.8 Å². The Hall–Kier alpha value is -3.35. The number of hydrogen-bond donors (Lipinski definition) is 1. The molecule has 1 N–H and O–H groups in total. The van der Waals surface area contributed by atoms with E-state index in [0.717, 1.165) is 5.75 Å². The van der Waals surface area contributed by atoms with Crippen LogP contribution in [0.3, 0.4) is 0 Å². The minimum atomic E-state index is -0.451. The van der Waals surface area contributed by atoms with Gasteiger partial charge in [-0.1, -0.05) is 18.2 Å². The molecule has 6 nitrogen and oxygen atoms in total. The highest BCUT2D eigenvalue weighted by atomic mass is 19.1. The summed E-state index contributed by atoms with van der Waals surface area (Å²) in [5.41, 5.74) is 0.502. The van der Waals surface area contributed by atoms with E-state index in [4.69, 9.17) is 13.9 Å². The fraction of sp³-hybridized carbons (Fsp3) is 0.158. The van der Waals surface area contributed by atoms with Crippen molar-refractivity contribution < 1.29 is 23.1 Å². The molecule has 3 aromatic rings. The predicted molar refractivity (Wildman–Crippen MR) is 91.4 cm³/mol. The Kier molecular flexibility index (Phi) is 5.48. The zero-order valence-corrected chi connectivity index (χ0v) is 14.1. The van der Waals surface area contributed by atoms with Crippen molar-refractivity contribution in [1.82, 2.24) is 10.3 Å². The second-order valence-corrected chi connectivity index (χ2v) is 5.36. The third-order valence-electron chi connectivity index (χ3n) is 3.60. The van der Waals surface area contributed by atoms with E-state index < -0.39 is 5.91 Å². The average molecular weight is 356 g/mol. The second-order valence-electron chi connectivity index (χ2n) is 5.36. The van der Waals surface area contributed by atoms with Gasteiger partial charge in [-0.15, -0.1) is 0 Å². The highest BCUT2D eigenvalue weighted by Gasteiger charge is 2.13. The number of nitrogens with one attached hydrogen (secondary N) is 1. The Labute approximate surface area is 149 Å². The molecule has 0 atom stereocenters. The van der Waals surface area contributed by atoms with Gasteiger partial charge in [0.05, 0.1) is 7.11 Å². The molecule has 0 aliphatic heterocycles. The van der Waals surface area contributed by atoms with Gasteiger partial charge in [-0.2, -0.15) is 0 Å². The molecule has 0 saturated carbocycles. The summed E-state index contributed by atoms with van der Waals surface area (Å²) in [7, 11) is 1.58. The van der Waals surface area contributed by atoms with Crippen molar-refractivity contribution in [2.75, 3.05) is 7.11 Å². The largest absolute Gasteiger partial charge is 0.497 e. The lowest BCUT2D eigenvalue weighted by molar-refractivity contribution is 0.0945. The molecule has 0 radical (unpaired) electrons. The number of oxazole rings is 1. The van der Waals surface area contributed by atoms with Gasteiger partial charge in [-0.25, -0.2) is 9.37 Å². The number of halogens is 1. The lowest BCUT2D eigenvalue weighted by atomic mass is 10.2. The lowest BCUT2D eigenvalue weighted by Gasteiger charge is -2.05. The van der Waals surface area contributed by atoms with Crippen LogP contribution in [0.1, 0.15) is 21.9 Å². The van der Waals surface area contributed by atoms with Crippen LogP contribution in [0.2, 0.25) is 0 Å². The maximum absolute atomic E-state index is 13.5. The van der Waals surface area contributed by atoms with Crippen molar-refractivity contribution in [3.05, 3.63) is 77.8 Å². The minimum Gasteiger partial charge on any atom is -0.497 e. The molecule has 26 heavy (non-hydrogen) atoms. The third kappa shape index (κ3) is 4.38. The van der Waals surface area contributed by atoms with E-state index in [1.54, 1.807) is 49.6 Å². The van der Waals surface area contributed by atoms with E-state index in [0.29, 0.717) is 11.3 Å². The number of ether oxygens (including phenoxy) is 2. The monoisotopic (exact) mass is 356 g/mol. The maximum Gasteiger partial charge on any atom is 0.273 e. The van der Waals surface area contributed by atoms with Gasteiger partial charge in [0.15, 0.2) is 12.3 Å². The van der Waals surface area contributed by atoms with Crippen LogP contribution in [-0.2, 0) is 13.2 Å². The zero-order valence-electron chi connectivity index (χ0n) is 14.1. The van der Waals surface area contributed by atoms with E-state index >= 15 is 0 Å². The van der Waals surface area contributed by atoms with Crippen LogP contribution >= 0.6 is 0 Å². The fourth-order valence-electron chi connectivity index (χ4n) is 2.21. The Morgan fingerprint density at radius 3 is 2.62 bits per heavy atom. The van der Waals surface area contributed by atoms with Crippen LogP contribution in [-0.4, -0.2) is 18.0 Å². The molecular formula is C19H17FN2O4. The zero-order chi connectivity index (χ0) is 18.4. The summed E-state index contributed by atoms with van der Waals surface area (Å²) in [6.07, 6.45) is 1.24. The third-order valence-corrected chi connectivity index (χ3v) is 3.60. The smallest absolute Gasteiger partial charge is 0.273 e. The molecule has 2 aromatic carbocycles. The van der Waals surface area contributed by atoms with Gasteiger partial charge in [0, 0.05) is 12.1 Å². The molecule has 0 bridgehead atoms. The molecule has 0 aliphatic carbocycles. The highest BCUT2D eigenvalue weighted by molar-refractivity contribution is 5.91. The van der Waals surface area contributed by atoms with E-state index in [1.165, 1.54) is 12.3 Å². The number of carbonyl (C=O) groups is 1. The molecule has 1 heterocycles. The Morgan fingerprint density at radius 2 is 1.88 bits per heavy atom. The molecule has 0 unspecified atom stereocenters. The topological polar surface area (TPSA) is 73.6 Å². The van der Waals surface area contributed by atoms with E-state index in [1.807, 2.05) is 0 Å². The number of amides is 1. The summed E-state index contributed by atoms with van der Waals surface area (Å²) >= 11 is 0. The van der Waals surface area contributed by atoms with Gasteiger partial charge in [-0.3, -0.25) is 4.79 Å². The Bertz CT molecular complexity index is 877. The SMILES string of the molecule is COc1ccc(OCc2nc(C(=O)NCc3ccccc3F)co2)cc1. The van der Waals surface area contributed by atoms with Crippen molar-refractivity contribution >= 4 is 5.91 Å². The van der Waals surface area contributed by atoms with Gasteiger partial charge < -0.3 is 19.2 Å². The molecule has 1 amide bonds. The van der Waals surface area contributed by atoms with Gasteiger partial charge >= 0.3 is 0 Å². The van der Waals surface area contributed by atoms with Crippen LogP contribution in [0.4, 0.5) is 4.39 Å². The normalized spacial score (nSPS) is 10.4. The summed E-state index contributed by atoms with van der Waals surface area (Å²) in [5.74, 6) is 0.780. The van der Waals surface area contributed by atoms with Crippen LogP contribution in [0.25, 0.3) is 0 Å². The first kappa shape index (κ1) is 17.5. The van der Waals surface area contributed by atoms with Crippen molar-refractivity contribution in [2.24, 2.45) is 0 Å². The summed E-state index contributed by atoms with van der Waals surface area (Å²) in [6.45, 7) is 0.142. The van der Waals surface area contributed by atoms with Crippen LogP contribution in [0, 0.1) is 5.82 Å². The number of hydrogen-bond acceptors (Lipinski definition) is 5. The summed E-state index contributed by atoms with van der Waals surface area (Å²) in [5, 5.41) is 2.60. The van der Waals surface area contributed by atoms with E-state index in [9.17, 15) is 9.18 Å². The van der Waals surface area contributed by atoms with Gasteiger partial charge in [0.2, 0.25) is 5.89 Å². The standard InChI is InChI=1S/C19H17FN2O4/c1-24-14-6-8-15(9-7-14)25-12-18-22-17(11-26-18)19(23)21-10-13-4-2-3-5-16(13)20/h2-9,11H,10,12H2,1H3,(H,21,23). The minimum absolute atomic E-state index is 0.0655. The van der Waals surface area contributed by atoms with Gasteiger partial charge in [0.1, 0.15) is 23.6 Å². The first-order chi connectivity index (χ1) is 12.7. The van der Waals surface area contributed by atoms with Crippen LogP contribution in [0.15, 0.2) is 59.2 Å². The fourth-order valence-corrected chi connectivity index (χ4v) is 2.21. The molecule has 7 heteroatoms. The summed E-state index contributed by atoms with van der Waals surface area (Å²) in [4.78, 5) is 16.1. The van der Waals surface area contributed by atoms with E-state index in [2.05, 4.69) is 10.3 Å². The van der Waals surface area contributed by atoms with Gasteiger partial charge in [0.25, 0.3) is 5.91 Å². The summed E-state index contributed by atoms with van der Waals surface area (Å²) in [6, 6.07) is 13.3. The number of benzene rings is 2. The maximum atomic E-state index is 13.5. The second kappa shape index (κ2) is 8.15. The Morgan fingerprint density at radius 1 is 1.15 bits per heavy atom. The first-order valence-electron chi connectivity index (χ1n) is 7.88. The molecule has 0 aliphatic rings. The number of carbonyl (C=O) groups excluding carboxylic acids is 1. The molecule has 0 spiro atoms. The quantitative estimate of drug-likeness (QED) is 0.703. The van der Waals surface area contributed by atoms with E-state index in [-0.39, 0.29) is 30.6 Å². The Balaban J connectivity index is 1.53. The van der Waals surface area contributed by atoms with Crippen molar-refractivity contribution in [2.45, 2.75) is 13.2 Å². The number of aromatic nitrogens is 1. The molecule has 3 rings (SSSR count). The van der Waals surface area contributed by atoms with Crippen molar-refractivity contribution in [3.63, 3.8) is 0 Å². The van der Waals surface area contributed by atoms with Gasteiger partial charge in [-0.05, 0) is 30.3 Å². The number of methoxy groups -OCH3 is 1. The summed E-state index contributed by atoms with van der Waals surface area (Å²) < 4.78 is 29.4. The molecule has 0 fully saturated rings.